The van der Waals surface area contributed by atoms with Gasteiger partial charge in [-0.1, -0.05) is 6.07 Å². The van der Waals surface area contributed by atoms with Gasteiger partial charge in [-0.3, -0.25) is 14.5 Å². The van der Waals surface area contributed by atoms with Crippen molar-refractivity contribution in [1.82, 2.24) is 10.2 Å². The van der Waals surface area contributed by atoms with E-state index in [1.54, 1.807) is 25.1 Å². The summed E-state index contributed by atoms with van der Waals surface area (Å²) in [7, 11) is 0. The maximum atomic E-state index is 12.7. The van der Waals surface area contributed by atoms with Crippen molar-refractivity contribution in [3.05, 3.63) is 23.8 Å². The first-order valence-corrected chi connectivity index (χ1v) is 7.74. The van der Waals surface area contributed by atoms with Crippen molar-refractivity contribution in [1.29, 1.82) is 0 Å². The van der Waals surface area contributed by atoms with Crippen molar-refractivity contribution < 1.29 is 23.9 Å². The van der Waals surface area contributed by atoms with Gasteiger partial charge in [0.05, 0.1) is 13.2 Å². The van der Waals surface area contributed by atoms with Crippen molar-refractivity contribution in [3.8, 4) is 11.5 Å². The van der Waals surface area contributed by atoms with Crippen LogP contribution in [0.1, 0.15) is 25.3 Å². The largest absolute Gasteiger partial charge is 0.490 e. The Morgan fingerprint density at radius 3 is 2.71 bits per heavy atom. The number of nitrogens with two attached hydrogens (primary N) is 1. The van der Waals surface area contributed by atoms with Crippen molar-refractivity contribution in [2.45, 2.75) is 25.3 Å². The molecule has 0 aliphatic carbocycles. The molecule has 2 aliphatic heterocycles. The molecule has 0 spiro atoms. The lowest BCUT2D eigenvalue weighted by molar-refractivity contribution is -0.131. The number of hydrogen-bond donors (Lipinski definition) is 2. The maximum absolute atomic E-state index is 12.7. The molecule has 0 unspecified atom stereocenters. The smallest absolute Gasteiger partial charge is 0.325 e. The zero-order chi connectivity index (χ0) is 17.3. The quantitative estimate of drug-likeness (QED) is 0.779. The number of imide groups is 1. The average molecular weight is 333 g/mol. The number of benzene rings is 1. The Kier molecular flexibility index (Phi) is 4.04. The normalized spacial score (nSPS) is 23.0. The molecule has 0 bridgehead atoms. The molecule has 1 atom stereocenters. The molecule has 0 saturated carbocycles. The summed E-state index contributed by atoms with van der Waals surface area (Å²) in [5, 5.41) is 2.68. The minimum atomic E-state index is -1.22. The molecule has 0 radical (unpaired) electrons. The first-order valence-electron chi connectivity index (χ1n) is 7.74. The van der Waals surface area contributed by atoms with Gasteiger partial charge in [0.15, 0.2) is 11.5 Å². The summed E-state index contributed by atoms with van der Waals surface area (Å²) in [6.07, 6.45) is 0.703. The third kappa shape index (κ3) is 2.75. The van der Waals surface area contributed by atoms with Gasteiger partial charge in [0, 0.05) is 19.4 Å². The van der Waals surface area contributed by atoms with Crippen molar-refractivity contribution in [3.63, 3.8) is 0 Å². The third-order valence-electron chi connectivity index (χ3n) is 4.18. The number of nitrogens with zero attached hydrogens (tertiary/aromatic N) is 1. The molecular formula is C16H19N3O5. The molecule has 2 aliphatic rings. The fourth-order valence-electron chi connectivity index (χ4n) is 2.79. The standard InChI is InChI=1S/C16H19N3O5/c1-16(14(21)19(15(22)18-16)6-5-13(17)20)10-3-4-11-12(9-10)24-8-2-7-23-11/h3-4,9H,2,5-8H2,1H3,(H2,17,20)(H,18,22)/t16-/m0/s1. The number of carbonyl (C=O) groups is 3. The molecule has 128 valence electrons. The lowest BCUT2D eigenvalue weighted by atomic mass is 9.91. The number of hydrogen-bond acceptors (Lipinski definition) is 5. The molecule has 1 aromatic carbocycles. The van der Waals surface area contributed by atoms with E-state index in [2.05, 4.69) is 5.32 Å². The van der Waals surface area contributed by atoms with Crippen LogP contribution in [0, 0.1) is 0 Å². The number of urea groups is 1. The van der Waals surface area contributed by atoms with Crippen LogP contribution in [0.2, 0.25) is 0 Å². The Balaban J connectivity index is 1.88. The molecule has 24 heavy (non-hydrogen) atoms. The van der Waals surface area contributed by atoms with Crippen LogP contribution in [0.5, 0.6) is 11.5 Å². The first-order chi connectivity index (χ1) is 11.4. The molecule has 3 N–H and O–H groups in total. The van der Waals surface area contributed by atoms with Crippen LogP contribution in [0.4, 0.5) is 4.79 Å². The highest BCUT2D eigenvalue weighted by atomic mass is 16.5. The molecule has 1 aromatic rings. The van der Waals surface area contributed by atoms with E-state index in [-0.39, 0.29) is 13.0 Å². The Hall–Kier alpha value is -2.77. The fourth-order valence-corrected chi connectivity index (χ4v) is 2.79. The van der Waals surface area contributed by atoms with Crippen LogP contribution in [-0.4, -0.2) is 42.5 Å². The van der Waals surface area contributed by atoms with Gasteiger partial charge in [-0.15, -0.1) is 0 Å². The van der Waals surface area contributed by atoms with Gasteiger partial charge >= 0.3 is 6.03 Å². The van der Waals surface area contributed by atoms with Crippen molar-refractivity contribution >= 4 is 17.8 Å². The highest BCUT2D eigenvalue weighted by molar-refractivity contribution is 6.07. The van der Waals surface area contributed by atoms with Crippen molar-refractivity contribution in [2.24, 2.45) is 5.73 Å². The first kappa shape index (κ1) is 16.1. The van der Waals surface area contributed by atoms with E-state index < -0.39 is 23.4 Å². The summed E-state index contributed by atoms with van der Waals surface area (Å²) >= 11 is 0. The van der Waals surface area contributed by atoms with Crippen molar-refractivity contribution in [2.75, 3.05) is 19.8 Å². The Morgan fingerprint density at radius 2 is 2.00 bits per heavy atom. The second kappa shape index (κ2) is 6.03. The average Bonchev–Trinajstić information content (AvgIpc) is 2.72. The lowest BCUT2D eigenvalue weighted by Gasteiger charge is -2.23. The number of ether oxygens (including phenoxy) is 2. The van der Waals surface area contributed by atoms with Gasteiger partial charge in [-0.2, -0.15) is 0 Å². The topological polar surface area (TPSA) is 111 Å². The van der Waals surface area contributed by atoms with E-state index in [1.165, 1.54) is 0 Å². The van der Waals surface area contributed by atoms with Gasteiger partial charge in [-0.25, -0.2) is 4.79 Å². The molecule has 0 aromatic heterocycles. The predicted octanol–water partition coefficient (Wildman–Crippen LogP) is 0.490. The van der Waals surface area contributed by atoms with Crippen LogP contribution in [-0.2, 0) is 15.1 Å². The maximum Gasteiger partial charge on any atom is 0.325 e. The Labute approximate surface area is 138 Å². The minimum Gasteiger partial charge on any atom is -0.490 e. The van der Waals surface area contributed by atoms with E-state index in [0.29, 0.717) is 30.3 Å². The third-order valence-corrected chi connectivity index (χ3v) is 4.18. The minimum absolute atomic E-state index is 0.0415. The van der Waals surface area contributed by atoms with E-state index in [9.17, 15) is 14.4 Å². The molecule has 2 heterocycles. The van der Waals surface area contributed by atoms with Crippen LogP contribution >= 0.6 is 0 Å². The van der Waals surface area contributed by atoms with Gasteiger partial charge in [0.1, 0.15) is 5.54 Å². The summed E-state index contributed by atoms with van der Waals surface area (Å²) in [6, 6.07) is 4.61. The molecule has 1 fully saturated rings. The summed E-state index contributed by atoms with van der Waals surface area (Å²) in [6.45, 7) is 2.68. The number of rotatable bonds is 4. The molecule has 8 nitrogen and oxygen atoms in total. The lowest BCUT2D eigenvalue weighted by Crippen LogP contribution is -2.41. The number of amides is 4. The van der Waals surface area contributed by atoms with E-state index in [1.807, 2.05) is 0 Å². The second-order valence-corrected chi connectivity index (χ2v) is 5.94. The van der Waals surface area contributed by atoms with Crippen LogP contribution < -0.4 is 20.5 Å². The zero-order valence-corrected chi connectivity index (χ0v) is 13.3. The van der Waals surface area contributed by atoms with E-state index in [4.69, 9.17) is 15.2 Å². The zero-order valence-electron chi connectivity index (χ0n) is 13.3. The number of carbonyl (C=O) groups excluding carboxylic acids is 3. The van der Waals surface area contributed by atoms with Crippen LogP contribution in [0.25, 0.3) is 0 Å². The monoisotopic (exact) mass is 333 g/mol. The number of nitrogens with one attached hydrogen (secondary N) is 1. The highest BCUT2D eigenvalue weighted by Gasteiger charge is 2.49. The fraction of sp³-hybridized carbons (Fsp3) is 0.438. The Morgan fingerprint density at radius 1 is 1.29 bits per heavy atom. The number of fused-ring (bicyclic) bond motifs is 1. The summed E-state index contributed by atoms with van der Waals surface area (Å²) in [4.78, 5) is 36.7. The number of primary amides is 1. The molecule has 1 saturated heterocycles. The van der Waals surface area contributed by atoms with Crippen LogP contribution in [0.3, 0.4) is 0 Å². The molecule has 3 rings (SSSR count). The van der Waals surface area contributed by atoms with Gasteiger partial charge in [0.25, 0.3) is 5.91 Å². The Bertz CT molecular complexity index is 705. The van der Waals surface area contributed by atoms with Gasteiger partial charge < -0.3 is 20.5 Å². The van der Waals surface area contributed by atoms with Crippen LogP contribution in [0.15, 0.2) is 18.2 Å². The van der Waals surface area contributed by atoms with Gasteiger partial charge in [0.2, 0.25) is 5.91 Å². The van der Waals surface area contributed by atoms with Gasteiger partial charge in [-0.05, 0) is 24.6 Å². The highest BCUT2D eigenvalue weighted by Crippen LogP contribution is 2.36. The molecule has 4 amide bonds. The second-order valence-electron chi connectivity index (χ2n) is 5.94. The SMILES string of the molecule is C[C@@]1(c2ccc3c(c2)OCCCO3)NC(=O)N(CCC(N)=O)C1=O. The predicted molar refractivity (Wildman–Crippen MR) is 83.5 cm³/mol. The van der Waals surface area contributed by atoms with E-state index in [0.717, 1.165) is 11.3 Å². The molecular weight excluding hydrogens is 314 g/mol. The van der Waals surface area contributed by atoms with E-state index >= 15 is 0 Å². The summed E-state index contributed by atoms with van der Waals surface area (Å²) in [5.41, 5.74) is 4.46. The summed E-state index contributed by atoms with van der Waals surface area (Å²) in [5.74, 6) is 0.161. The molecule has 8 heteroatoms. The summed E-state index contributed by atoms with van der Waals surface area (Å²) < 4.78 is 11.2.